The van der Waals surface area contributed by atoms with Gasteiger partial charge in [-0.2, -0.15) is 0 Å². The van der Waals surface area contributed by atoms with Gasteiger partial charge in [-0.1, -0.05) is 60.7 Å². The van der Waals surface area contributed by atoms with Crippen molar-refractivity contribution in [1.29, 1.82) is 0 Å². The first-order valence-corrected chi connectivity index (χ1v) is 10.6. The molecule has 4 rings (SSSR count). The van der Waals surface area contributed by atoms with E-state index in [4.69, 9.17) is 14.6 Å². The minimum absolute atomic E-state index is 0.0717. The summed E-state index contributed by atoms with van der Waals surface area (Å²) < 4.78 is 11.8. The molecule has 0 unspecified atom stereocenters. The van der Waals surface area contributed by atoms with Crippen molar-refractivity contribution in [3.63, 3.8) is 0 Å². The predicted molar refractivity (Wildman–Crippen MR) is 121 cm³/mol. The SMILES string of the molecule is O=C(O)[C@@]1(Cc2ccccc2)N=C(c2ccc(OCCCO)cc2)O[C@H]1c1ccccc1. The zero-order valence-electron chi connectivity index (χ0n) is 17.6. The lowest BCUT2D eigenvalue weighted by Gasteiger charge is -2.27. The Morgan fingerprint density at radius 3 is 2.25 bits per heavy atom. The van der Waals surface area contributed by atoms with Gasteiger partial charge in [0.1, 0.15) is 5.75 Å². The quantitative estimate of drug-likeness (QED) is 0.500. The standard InChI is InChI=1S/C26H25NO5/c28-16-7-17-31-22-14-12-21(13-15-22)24-27-26(25(29)30,18-19-8-3-1-4-9-19)23(32-24)20-10-5-2-6-11-20/h1-6,8-15,23,28H,7,16-18H2,(H,29,30)/t23-,26-/m0/s1. The van der Waals surface area contributed by atoms with Crippen molar-refractivity contribution in [1.82, 2.24) is 0 Å². The van der Waals surface area contributed by atoms with Crippen LogP contribution in [0.15, 0.2) is 89.9 Å². The first-order chi connectivity index (χ1) is 15.6. The van der Waals surface area contributed by atoms with Crippen molar-refractivity contribution in [2.24, 2.45) is 4.99 Å². The van der Waals surface area contributed by atoms with Crippen LogP contribution in [-0.4, -0.2) is 40.8 Å². The second kappa shape index (κ2) is 9.66. The molecule has 1 aliphatic rings. The fraction of sp³-hybridized carbons (Fsp3) is 0.231. The number of ether oxygens (including phenoxy) is 2. The van der Waals surface area contributed by atoms with Crippen LogP contribution in [0.3, 0.4) is 0 Å². The molecule has 1 aliphatic heterocycles. The lowest BCUT2D eigenvalue weighted by molar-refractivity contribution is -0.146. The fourth-order valence-electron chi connectivity index (χ4n) is 3.80. The van der Waals surface area contributed by atoms with Crippen LogP contribution >= 0.6 is 0 Å². The van der Waals surface area contributed by atoms with E-state index in [0.717, 1.165) is 11.1 Å². The van der Waals surface area contributed by atoms with Crippen molar-refractivity contribution in [2.75, 3.05) is 13.2 Å². The van der Waals surface area contributed by atoms with E-state index < -0.39 is 17.6 Å². The maximum absolute atomic E-state index is 12.7. The van der Waals surface area contributed by atoms with E-state index in [1.165, 1.54) is 0 Å². The van der Waals surface area contributed by atoms with Crippen molar-refractivity contribution in [3.05, 3.63) is 102 Å². The topological polar surface area (TPSA) is 88.4 Å². The van der Waals surface area contributed by atoms with E-state index >= 15 is 0 Å². The molecule has 6 heteroatoms. The second-order valence-corrected chi connectivity index (χ2v) is 7.67. The number of benzene rings is 3. The molecule has 0 bridgehead atoms. The Hall–Kier alpha value is -3.64. The Balaban J connectivity index is 1.70. The van der Waals surface area contributed by atoms with Gasteiger partial charge in [0.15, 0.2) is 6.10 Å². The molecule has 0 fully saturated rings. The van der Waals surface area contributed by atoms with E-state index in [2.05, 4.69) is 4.99 Å². The summed E-state index contributed by atoms with van der Waals surface area (Å²) in [5.41, 5.74) is 0.816. The molecule has 6 nitrogen and oxygen atoms in total. The van der Waals surface area contributed by atoms with Gasteiger partial charge in [-0.25, -0.2) is 9.79 Å². The monoisotopic (exact) mass is 431 g/mol. The lowest BCUT2D eigenvalue weighted by Crippen LogP contribution is -2.43. The molecule has 1 heterocycles. The van der Waals surface area contributed by atoms with Gasteiger partial charge in [-0.15, -0.1) is 0 Å². The highest BCUT2D eigenvalue weighted by molar-refractivity contribution is 5.99. The molecule has 2 N–H and O–H groups in total. The Kier molecular flexibility index (Phi) is 6.52. The number of aliphatic carboxylic acids is 1. The molecule has 3 aromatic carbocycles. The normalized spacial score (nSPS) is 19.8. The van der Waals surface area contributed by atoms with Crippen LogP contribution in [0.5, 0.6) is 5.75 Å². The van der Waals surface area contributed by atoms with Gasteiger partial charge in [0.2, 0.25) is 11.4 Å². The van der Waals surface area contributed by atoms with Gasteiger partial charge in [-0.05, 0) is 35.4 Å². The number of carboxylic acids is 1. The van der Waals surface area contributed by atoms with Crippen LogP contribution in [0.2, 0.25) is 0 Å². The van der Waals surface area contributed by atoms with E-state index in [1.54, 1.807) is 24.3 Å². The molecule has 0 spiro atoms. The Morgan fingerprint density at radius 1 is 0.969 bits per heavy atom. The van der Waals surface area contributed by atoms with Crippen LogP contribution in [0.25, 0.3) is 0 Å². The summed E-state index contributed by atoms with van der Waals surface area (Å²) in [4.78, 5) is 17.3. The van der Waals surface area contributed by atoms with Crippen LogP contribution in [-0.2, 0) is 16.0 Å². The molecular weight excluding hydrogens is 406 g/mol. The lowest BCUT2D eigenvalue weighted by atomic mass is 9.83. The van der Waals surface area contributed by atoms with Crippen LogP contribution in [0.4, 0.5) is 0 Å². The number of hydrogen-bond acceptors (Lipinski definition) is 5. The molecule has 0 radical (unpaired) electrons. The summed E-state index contributed by atoms with van der Waals surface area (Å²) in [6, 6.07) is 26.0. The fourth-order valence-corrected chi connectivity index (χ4v) is 3.80. The first kappa shape index (κ1) is 21.6. The van der Waals surface area contributed by atoms with E-state index in [9.17, 15) is 9.90 Å². The summed E-state index contributed by atoms with van der Waals surface area (Å²) in [5, 5.41) is 19.2. The largest absolute Gasteiger partial charge is 0.494 e. The molecule has 0 saturated heterocycles. The number of hydrogen-bond donors (Lipinski definition) is 2. The molecule has 2 atom stereocenters. The van der Waals surface area contributed by atoms with Gasteiger partial charge in [0.05, 0.1) is 6.61 Å². The summed E-state index contributed by atoms with van der Waals surface area (Å²) in [5.74, 6) is -0.0811. The van der Waals surface area contributed by atoms with Gasteiger partial charge < -0.3 is 19.7 Å². The average molecular weight is 431 g/mol. The summed E-state index contributed by atoms with van der Waals surface area (Å²) in [6.45, 7) is 0.491. The van der Waals surface area contributed by atoms with Gasteiger partial charge in [0.25, 0.3) is 0 Å². The maximum atomic E-state index is 12.7. The maximum Gasteiger partial charge on any atom is 0.336 e. The molecular formula is C26H25NO5. The number of carbonyl (C=O) groups is 1. The highest BCUT2D eigenvalue weighted by Gasteiger charge is 2.53. The number of aliphatic hydroxyl groups excluding tert-OH is 1. The second-order valence-electron chi connectivity index (χ2n) is 7.67. The smallest absolute Gasteiger partial charge is 0.336 e. The zero-order valence-corrected chi connectivity index (χ0v) is 17.6. The van der Waals surface area contributed by atoms with Gasteiger partial charge in [0, 0.05) is 25.0 Å². The van der Waals surface area contributed by atoms with Crippen LogP contribution in [0, 0.1) is 0 Å². The van der Waals surface area contributed by atoms with Crippen LogP contribution < -0.4 is 4.74 Å². The Bertz CT molecular complexity index is 1070. The summed E-state index contributed by atoms with van der Waals surface area (Å²) in [7, 11) is 0. The van der Waals surface area contributed by atoms with Gasteiger partial charge >= 0.3 is 5.97 Å². The van der Waals surface area contributed by atoms with E-state index in [1.807, 2.05) is 60.7 Å². The van der Waals surface area contributed by atoms with Crippen molar-refractivity contribution in [2.45, 2.75) is 24.5 Å². The third-order valence-corrected chi connectivity index (χ3v) is 5.43. The zero-order chi connectivity index (χ0) is 22.4. The molecule has 0 amide bonds. The third kappa shape index (κ3) is 4.50. The number of rotatable bonds is 9. The molecule has 164 valence electrons. The van der Waals surface area contributed by atoms with E-state index in [0.29, 0.717) is 30.2 Å². The first-order valence-electron chi connectivity index (χ1n) is 10.6. The van der Waals surface area contributed by atoms with Crippen molar-refractivity contribution in [3.8, 4) is 5.75 Å². The van der Waals surface area contributed by atoms with Crippen LogP contribution in [0.1, 0.15) is 29.2 Å². The predicted octanol–water partition coefficient (Wildman–Crippen LogP) is 4.03. The molecule has 0 saturated carbocycles. The molecule has 32 heavy (non-hydrogen) atoms. The highest BCUT2D eigenvalue weighted by atomic mass is 16.5. The molecule has 3 aromatic rings. The number of carboxylic acid groups (broad SMARTS) is 1. The minimum atomic E-state index is -1.49. The number of nitrogens with zero attached hydrogens (tertiary/aromatic N) is 1. The van der Waals surface area contributed by atoms with Crippen molar-refractivity contribution >= 4 is 11.9 Å². The number of aliphatic imine (C=N–C) groups is 1. The Morgan fingerprint density at radius 2 is 1.62 bits per heavy atom. The van der Waals surface area contributed by atoms with E-state index in [-0.39, 0.29) is 13.0 Å². The third-order valence-electron chi connectivity index (χ3n) is 5.43. The molecule has 0 aromatic heterocycles. The Labute approximate surface area is 186 Å². The molecule has 0 aliphatic carbocycles. The summed E-state index contributed by atoms with van der Waals surface area (Å²) in [6.07, 6.45) is -0.0113. The summed E-state index contributed by atoms with van der Waals surface area (Å²) >= 11 is 0. The minimum Gasteiger partial charge on any atom is -0.494 e. The highest BCUT2D eigenvalue weighted by Crippen LogP contribution is 2.42. The van der Waals surface area contributed by atoms with Gasteiger partial charge in [-0.3, -0.25) is 0 Å². The number of aliphatic hydroxyl groups is 1. The average Bonchev–Trinajstić information content (AvgIpc) is 3.22. The van der Waals surface area contributed by atoms with Crippen molar-refractivity contribution < 1.29 is 24.5 Å².